The van der Waals surface area contributed by atoms with Crippen molar-refractivity contribution in [3.05, 3.63) is 46.0 Å². The van der Waals surface area contributed by atoms with Gasteiger partial charge < -0.3 is 18.9 Å². The molecule has 0 atom stereocenters. The average Bonchev–Trinajstić information content (AvgIpc) is 2.71. The van der Waals surface area contributed by atoms with Gasteiger partial charge in [0, 0.05) is 18.2 Å². The lowest BCUT2D eigenvalue weighted by Gasteiger charge is -2.26. The van der Waals surface area contributed by atoms with Crippen LogP contribution in [-0.2, 0) is 14.6 Å². The minimum atomic E-state index is -4.02. The number of nitrogens with zero attached hydrogens (tertiary/aromatic N) is 1. The summed E-state index contributed by atoms with van der Waals surface area (Å²) in [5, 5.41) is 11.3. The van der Waals surface area contributed by atoms with Crippen molar-refractivity contribution in [1.29, 1.82) is 0 Å². The molecule has 0 unspecified atom stereocenters. The minimum absolute atomic E-state index is 0.0414. The molecule has 2 aromatic carbocycles. The molecule has 0 spiro atoms. The van der Waals surface area contributed by atoms with Gasteiger partial charge in [0.2, 0.25) is 5.75 Å². The largest absolute Gasteiger partial charge is 0.493 e. The van der Waals surface area contributed by atoms with Crippen LogP contribution in [0.4, 0.5) is 5.69 Å². The Morgan fingerprint density at radius 2 is 1.38 bits per heavy atom. The van der Waals surface area contributed by atoms with Crippen LogP contribution in [0.25, 0.3) is 0 Å². The number of sulfone groups is 1. The zero-order valence-corrected chi connectivity index (χ0v) is 17.8. The summed E-state index contributed by atoms with van der Waals surface area (Å²) in [6.45, 7) is 2.94. The Kier molecular flexibility index (Phi) is 6.27. The van der Waals surface area contributed by atoms with Gasteiger partial charge in [-0.3, -0.25) is 10.1 Å². The fourth-order valence-electron chi connectivity index (χ4n) is 2.87. The van der Waals surface area contributed by atoms with Gasteiger partial charge in [-0.05, 0) is 25.5 Å². The van der Waals surface area contributed by atoms with Crippen LogP contribution in [0.15, 0.2) is 35.2 Å². The third-order valence-electron chi connectivity index (χ3n) is 4.69. The molecule has 29 heavy (non-hydrogen) atoms. The highest BCUT2D eigenvalue weighted by molar-refractivity contribution is 7.92. The molecule has 0 N–H and O–H groups in total. The molecular formula is C19H23NO8S. The molecule has 0 amide bonds. The second-order valence-corrected chi connectivity index (χ2v) is 9.02. The van der Waals surface area contributed by atoms with E-state index in [2.05, 4.69) is 0 Å². The molecule has 10 heteroatoms. The third-order valence-corrected chi connectivity index (χ3v) is 7.13. The molecule has 0 saturated heterocycles. The van der Waals surface area contributed by atoms with E-state index in [0.29, 0.717) is 0 Å². The summed E-state index contributed by atoms with van der Waals surface area (Å²) in [6, 6.07) is 6.72. The molecule has 9 nitrogen and oxygen atoms in total. The van der Waals surface area contributed by atoms with Gasteiger partial charge in [-0.1, -0.05) is 6.07 Å². The van der Waals surface area contributed by atoms with Gasteiger partial charge in [-0.15, -0.1) is 0 Å². The van der Waals surface area contributed by atoms with E-state index in [1.807, 2.05) is 0 Å². The van der Waals surface area contributed by atoms with E-state index in [1.54, 1.807) is 0 Å². The number of rotatable bonds is 8. The summed E-state index contributed by atoms with van der Waals surface area (Å²) in [5.74, 6) is 0.662. The Labute approximate surface area is 169 Å². The Morgan fingerprint density at radius 3 is 1.79 bits per heavy atom. The lowest BCUT2D eigenvalue weighted by molar-refractivity contribution is -0.385. The van der Waals surface area contributed by atoms with Gasteiger partial charge in [0.1, 0.15) is 0 Å². The molecule has 2 rings (SSSR count). The Balaban J connectivity index is 2.69. The summed E-state index contributed by atoms with van der Waals surface area (Å²) < 4.78 is 46.1. The number of ether oxygens (including phenoxy) is 4. The van der Waals surface area contributed by atoms with Crippen molar-refractivity contribution in [2.75, 3.05) is 28.4 Å². The fraction of sp³-hybridized carbons (Fsp3) is 0.368. The summed E-state index contributed by atoms with van der Waals surface area (Å²) in [6.07, 6.45) is 0. The van der Waals surface area contributed by atoms with Gasteiger partial charge in [-0.25, -0.2) is 8.42 Å². The van der Waals surface area contributed by atoms with Gasteiger partial charge in [-0.2, -0.15) is 0 Å². The van der Waals surface area contributed by atoms with Crippen molar-refractivity contribution in [3.8, 4) is 23.0 Å². The van der Waals surface area contributed by atoms with Crippen LogP contribution in [-0.4, -0.2) is 41.8 Å². The van der Waals surface area contributed by atoms with Crippen molar-refractivity contribution in [2.45, 2.75) is 23.5 Å². The fourth-order valence-corrected chi connectivity index (χ4v) is 4.42. The number of benzene rings is 2. The van der Waals surface area contributed by atoms with Crippen molar-refractivity contribution in [3.63, 3.8) is 0 Å². The van der Waals surface area contributed by atoms with E-state index in [9.17, 15) is 18.5 Å². The normalized spacial score (nSPS) is 11.7. The summed E-state index contributed by atoms with van der Waals surface area (Å²) in [5.41, 5.74) is -0.0862. The second kappa shape index (κ2) is 8.16. The van der Waals surface area contributed by atoms with E-state index in [-0.39, 0.29) is 39.1 Å². The Morgan fingerprint density at radius 1 is 0.862 bits per heavy atom. The highest BCUT2D eigenvalue weighted by Gasteiger charge is 2.40. The zero-order valence-electron chi connectivity index (χ0n) is 17.0. The summed E-state index contributed by atoms with van der Waals surface area (Å²) >= 11 is 0. The topological polar surface area (TPSA) is 114 Å². The van der Waals surface area contributed by atoms with Crippen LogP contribution in [0.3, 0.4) is 0 Å². The lowest BCUT2D eigenvalue weighted by Crippen LogP contribution is -2.29. The number of hydrogen-bond acceptors (Lipinski definition) is 8. The standard InChI is InChI=1S/C19H23NO8S/c1-19(2,12-7-8-15(25-3)14(9-12)20(21)22)29(23,24)13-10-16(26-4)18(28-6)17(11-13)27-5/h7-11H,1-6H3. The van der Waals surface area contributed by atoms with E-state index < -0.39 is 19.5 Å². The zero-order chi connectivity index (χ0) is 22.0. The lowest BCUT2D eigenvalue weighted by atomic mass is 10.0. The molecule has 158 valence electrons. The Hall–Kier alpha value is -3.01. The molecule has 2 aromatic rings. The first-order chi connectivity index (χ1) is 13.5. The van der Waals surface area contributed by atoms with E-state index >= 15 is 0 Å². The molecule has 0 heterocycles. The molecule has 0 aliphatic heterocycles. The molecule has 0 bridgehead atoms. The first kappa shape index (κ1) is 22.3. The Bertz CT molecular complexity index is 1010. The van der Waals surface area contributed by atoms with Gasteiger partial charge in [0.15, 0.2) is 27.1 Å². The van der Waals surface area contributed by atoms with E-state index in [0.717, 1.165) is 0 Å². The summed E-state index contributed by atoms with van der Waals surface area (Å²) in [4.78, 5) is 10.7. The van der Waals surface area contributed by atoms with Crippen LogP contribution >= 0.6 is 0 Å². The van der Waals surface area contributed by atoms with Crippen molar-refractivity contribution < 1.29 is 32.3 Å². The number of nitro groups is 1. The smallest absolute Gasteiger partial charge is 0.311 e. The number of methoxy groups -OCH3 is 4. The highest BCUT2D eigenvalue weighted by Crippen LogP contribution is 2.44. The van der Waals surface area contributed by atoms with Crippen molar-refractivity contribution >= 4 is 15.5 Å². The molecule has 0 aliphatic carbocycles. The highest BCUT2D eigenvalue weighted by atomic mass is 32.2. The molecule has 0 radical (unpaired) electrons. The maximum absolute atomic E-state index is 13.5. The van der Waals surface area contributed by atoms with Crippen LogP contribution in [0, 0.1) is 10.1 Å². The second-order valence-electron chi connectivity index (χ2n) is 6.52. The number of hydrogen-bond donors (Lipinski definition) is 0. The predicted molar refractivity (Wildman–Crippen MR) is 106 cm³/mol. The van der Waals surface area contributed by atoms with Gasteiger partial charge >= 0.3 is 5.69 Å². The molecule has 0 aliphatic rings. The monoisotopic (exact) mass is 425 g/mol. The number of nitro benzene ring substituents is 1. The quantitative estimate of drug-likeness (QED) is 0.467. The van der Waals surface area contributed by atoms with Crippen molar-refractivity contribution in [1.82, 2.24) is 0 Å². The predicted octanol–water partition coefficient (Wildman–Crippen LogP) is 3.34. The van der Waals surface area contributed by atoms with Crippen LogP contribution < -0.4 is 18.9 Å². The van der Waals surface area contributed by atoms with E-state index in [4.69, 9.17) is 18.9 Å². The molecule has 0 aromatic heterocycles. The first-order valence-corrected chi connectivity index (χ1v) is 9.91. The van der Waals surface area contributed by atoms with Gasteiger partial charge in [0.05, 0.1) is 43.0 Å². The van der Waals surface area contributed by atoms with Crippen LogP contribution in [0.5, 0.6) is 23.0 Å². The van der Waals surface area contributed by atoms with Gasteiger partial charge in [0.25, 0.3) is 0 Å². The van der Waals surface area contributed by atoms with E-state index in [1.165, 1.54) is 72.6 Å². The van der Waals surface area contributed by atoms with Crippen LogP contribution in [0.2, 0.25) is 0 Å². The molecule has 0 saturated carbocycles. The van der Waals surface area contributed by atoms with Crippen LogP contribution in [0.1, 0.15) is 19.4 Å². The maximum atomic E-state index is 13.5. The maximum Gasteiger partial charge on any atom is 0.311 e. The average molecular weight is 425 g/mol. The first-order valence-electron chi connectivity index (χ1n) is 8.42. The molecule has 0 fully saturated rings. The third kappa shape index (κ3) is 3.80. The van der Waals surface area contributed by atoms with Crippen molar-refractivity contribution in [2.24, 2.45) is 0 Å². The summed E-state index contributed by atoms with van der Waals surface area (Å²) in [7, 11) is 1.46. The molecular weight excluding hydrogens is 402 g/mol. The minimum Gasteiger partial charge on any atom is -0.493 e. The SMILES string of the molecule is COc1ccc(C(C)(C)S(=O)(=O)c2cc(OC)c(OC)c(OC)c2)cc1[N+](=O)[O-].